The third kappa shape index (κ3) is 3.03. The van der Waals surface area contributed by atoms with Crippen LogP contribution in [0.2, 0.25) is 0 Å². The van der Waals surface area contributed by atoms with Crippen LogP contribution >= 0.6 is 12.2 Å². The van der Waals surface area contributed by atoms with Crippen molar-refractivity contribution in [3.63, 3.8) is 0 Å². The number of aromatic nitrogens is 2. The molecule has 2 N–H and O–H groups in total. The molecule has 0 atom stereocenters. The van der Waals surface area contributed by atoms with Crippen LogP contribution in [0.1, 0.15) is 23.8 Å². The molecule has 0 aliphatic heterocycles. The SMILES string of the molecule is CCN(CCC(N)=S)C(=O)c1cncn1C. The van der Waals surface area contributed by atoms with Crippen LogP contribution in [-0.4, -0.2) is 38.4 Å². The molecular formula is C10H16N4OS. The maximum atomic E-state index is 12.1. The van der Waals surface area contributed by atoms with Crippen LogP contribution in [0.25, 0.3) is 0 Å². The van der Waals surface area contributed by atoms with E-state index in [-0.39, 0.29) is 5.91 Å². The van der Waals surface area contributed by atoms with E-state index in [0.29, 0.717) is 30.2 Å². The first kappa shape index (κ1) is 12.6. The van der Waals surface area contributed by atoms with Crippen LogP contribution in [0.3, 0.4) is 0 Å². The predicted octanol–water partition coefficient (Wildman–Crippen LogP) is 0.558. The highest BCUT2D eigenvalue weighted by Crippen LogP contribution is 2.04. The van der Waals surface area contributed by atoms with Crippen molar-refractivity contribution in [3.05, 3.63) is 18.2 Å². The molecule has 1 aromatic rings. The number of aryl methyl sites for hydroxylation is 1. The lowest BCUT2D eigenvalue weighted by molar-refractivity contribution is 0.0759. The van der Waals surface area contributed by atoms with Crippen molar-refractivity contribution >= 4 is 23.1 Å². The zero-order valence-electron chi connectivity index (χ0n) is 9.51. The molecule has 1 heterocycles. The van der Waals surface area contributed by atoms with Gasteiger partial charge in [0.25, 0.3) is 5.91 Å². The minimum atomic E-state index is -0.0428. The highest BCUT2D eigenvalue weighted by Gasteiger charge is 2.16. The van der Waals surface area contributed by atoms with E-state index in [1.807, 2.05) is 6.92 Å². The summed E-state index contributed by atoms with van der Waals surface area (Å²) in [5.74, 6) is -0.0428. The molecule has 0 saturated heterocycles. The molecule has 0 fully saturated rings. The maximum Gasteiger partial charge on any atom is 0.272 e. The Morgan fingerprint density at radius 2 is 2.38 bits per heavy atom. The molecular weight excluding hydrogens is 224 g/mol. The van der Waals surface area contributed by atoms with Gasteiger partial charge in [-0.05, 0) is 6.92 Å². The number of imidazole rings is 1. The lowest BCUT2D eigenvalue weighted by Crippen LogP contribution is -2.34. The third-order valence-electron chi connectivity index (χ3n) is 2.33. The molecule has 6 heteroatoms. The van der Waals surface area contributed by atoms with Crippen molar-refractivity contribution < 1.29 is 4.79 Å². The Bertz CT molecular complexity index is 388. The molecule has 0 bridgehead atoms. The summed E-state index contributed by atoms with van der Waals surface area (Å²) in [5.41, 5.74) is 5.99. The quantitative estimate of drug-likeness (QED) is 0.764. The molecule has 0 radical (unpaired) electrons. The topological polar surface area (TPSA) is 64.2 Å². The van der Waals surface area contributed by atoms with Gasteiger partial charge in [0.2, 0.25) is 0 Å². The zero-order chi connectivity index (χ0) is 12.1. The van der Waals surface area contributed by atoms with Crippen LogP contribution in [0.4, 0.5) is 0 Å². The summed E-state index contributed by atoms with van der Waals surface area (Å²) in [6, 6.07) is 0. The molecule has 0 aliphatic rings. The largest absolute Gasteiger partial charge is 0.393 e. The minimum absolute atomic E-state index is 0.0428. The van der Waals surface area contributed by atoms with Crippen molar-refractivity contribution in [1.29, 1.82) is 0 Å². The summed E-state index contributed by atoms with van der Waals surface area (Å²) in [6.45, 7) is 3.11. The van der Waals surface area contributed by atoms with Gasteiger partial charge >= 0.3 is 0 Å². The van der Waals surface area contributed by atoms with Crippen LogP contribution in [0, 0.1) is 0 Å². The second kappa shape index (κ2) is 5.60. The van der Waals surface area contributed by atoms with Gasteiger partial charge in [-0.2, -0.15) is 0 Å². The molecule has 0 saturated carbocycles. The smallest absolute Gasteiger partial charge is 0.272 e. The van der Waals surface area contributed by atoms with Gasteiger partial charge in [0.1, 0.15) is 5.69 Å². The van der Waals surface area contributed by atoms with Gasteiger partial charge in [0, 0.05) is 26.6 Å². The van der Waals surface area contributed by atoms with E-state index in [1.165, 1.54) is 0 Å². The number of thiocarbonyl (C=S) groups is 1. The summed E-state index contributed by atoms with van der Waals surface area (Å²) < 4.78 is 1.70. The average molecular weight is 240 g/mol. The number of carbonyl (C=O) groups excluding carboxylic acids is 1. The van der Waals surface area contributed by atoms with Crippen molar-refractivity contribution in [2.75, 3.05) is 13.1 Å². The van der Waals surface area contributed by atoms with Crippen molar-refractivity contribution in [1.82, 2.24) is 14.5 Å². The van der Waals surface area contributed by atoms with Gasteiger partial charge in [0.05, 0.1) is 17.5 Å². The van der Waals surface area contributed by atoms with Crippen molar-refractivity contribution in [3.8, 4) is 0 Å². The van der Waals surface area contributed by atoms with Crippen LogP contribution in [-0.2, 0) is 7.05 Å². The first-order valence-electron chi connectivity index (χ1n) is 5.10. The standard InChI is InChI=1S/C10H16N4OS/c1-3-14(5-4-9(11)16)10(15)8-6-12-7-13(8)2/h6-7H,3-5H2,1-2H3,(H2,11,16). The fourth-order valence-electron chi connectivity index (χ4n) is 1.37. The van der Waals surface area contributed by atoms with E-state index in [1.54, 1.807) is 29.0 Å². The first-order valence-corrected chi connectivity index (χ1v) is 5.51. The first-order chi connectivity index (χ1) is 7.56. The third-order valence-corrected chi connectivity index (χ3v) is 2.54. The monoisotopic (exact) mass is 240 g/mol. The molecule has 5 nitrogen and oxygen atoms in total. The summed E-state index contributed by atoms with van der Waals surface area (Å²) in [5, 5.41) is 0. The van der Waals surface area contributed by atoms with E-state index >= 15 is 0 Å². The number of amides is 1. The zero-order valence-corrected chi connectivity index (χ0v) is 10.3. The van der Waals surface area contributed by atoms with Gasteiger partial charge in [-0.25, -0.2) is 4.98 Å². The van der Waals surface area contributed by atoms with E-state index in [4.69, 9.17) is 18.0 Å². The van der Waals surface area contributed by atoms with Gasteiger partial charge in [-0.1, -0.05) is 12.2 Å². The molecule has 1 aromatic heterocycles. The Hall–Kier alpha value is -1.43. The van der Waals surface area contributed by atoms with Crippen molar-refractivity contribution in [2.45, 2.75) is 13.3 Å². The number of nitrogens with zero attached hydrogens (tertiary/aromatic N) is 3. The van der Waals surface area contributed by atoms with Gasteiger partial charge < -0.3 is 15.2 Å². The maximum absolute atomic E-state index is 12.1. The van der Waals surface area contributed by atoms with E-state index < -0.39 is 0 Å². The molecule has 88 valence electrons. The number of nitrogens with two attached hydrogens (primary N) is 1. The van der Waals surface area contributed by atoms with Crippen LogP contribution in [0.5, 0.6) is 0 Å². The molecule has 0 aromatic carbocycles. The second-order valence-corrected chi connectivity index (χ2v) is 4.02. The lowest BCUT2D eigenvalue weighted by atomic mass is 10.3. The molecule has 1 rings (SSSR count). The lowest BCUT2D eigenvalue weighted by Gasteiger charge is -2.20. The van der Waals surface area contributed by atoms with Crippen molar-refractivity contribution in [2.24, 2.45) is 12.8 Å². The second-order valence-electron chi connectivity index (χ2n) is 3.49. The molecule has 1 amide bonds. The summed E-state index contributed by atoms with van der Waals surface area (Å²) in [7, 11) is 1.79. The highest BCUT2D eigenvalue weighted by atomic mass is 32.1. The van der Waals surface area contributed by atoms with E-state index in [0.717, 1.165) is 0 Å². The normalized spacial score (nSPS) is 10.1. The molecule has 16 heavy (non-hydrogen) atoms. The molecule has 0 spiro atoms. The number of rotatable bonds is 5. The summed E-state index contributed by atoms with van der Waals surface area (Å²) in [4.78, 5) is 18.1. The number of carbonyl (C=O) groups is 1. The Morgan fingerprint density at radius 3 is 2.81 bits per heavy atom. The Balaban J connectivity index is 2.70. The summed E-state index contributed by atoms with van der Waals surface area (Å²) >= 11 is 4.80. The van der Waals surface area contributed by atoms with Crippen LogP contribution < -0.4 is 5.73 Å². The fourth-order valence-corrected chi connectivity index (χ4v) is 1.46. The molecule has 0 aliphatic carbocycles. The summed E-state index contributed by atoms with van der Waals surface area (Å²) in [6.07, 6.45) is 3.72. The fraction of sp³-hybridized carbons (Fsp3) is 0.500. The van der Waals surface area contributed by atoms with E-state index in [9.17, 15) is 4.79 Å². The van der Waals surface area contributed by atoms with Gasteiger partial charge in [-0.15, -0.1) is 0 Å². The highest BCUT2D eigenvalue weighted by molar-refractivity contribution is 7.80. The minimum Gasteiger partial charge on any atom is -0.393 e. The number of hydrogen-bond donors (Lipinski definition) is 1. The van der Waals surface area contributed by atoms with E-state index in [2.05, 4.69) is 4.98 Å². The number of hydrogen-bond acceptors (Lipinski definition) is 3. The average Bonchev–Trinajstić information content (AvgIpc) is 2.64. The van der Waals surface area contributed by atoms with Gasteiger partial charge in [-0.3, -0.25) is 4.79 Å². The Morgan fingerprint density at radius 1 is 1.69 bits per heavy atom. The van der Waals surface area contributed by atoms with Gasteiger partial charge in [0.15, 0.2) is 0 Å². The predicted molar refractivity (Wildman–Crippen MR) is 66.2 cm³/mol. The Labute approximate surface area is 100 Å². The van der Waals surface area contributed by atoms with Crippen LogP contribution in [0.15, 0.2) is 12.5 Å². The Kier molecular flexibility index (Phi) is 4.42. The molecule has 0 unspecified atom stereocenters.